The van der Waals surface area contributed by atoms with Crippen LogP contribution < -0.4 is 0 Å². The van der Waals surface area contributed by atoms with Crippen molar-refractivity contribution < 1.29 is 9.90 Å². The predicted octanol–water partition coefficient (Wildman–Crippen LogP) is 0.686. The van der Waals surface area contributed by atoms with Crippen LogP contribution in [-0.4, -0.2) is 5.97 Å². The van der Waals surface area contributed by atoms with Crippen molar-refractivity contribution >= 4 is 5.97 Å². The van der Waals surface area contributed by atoms with Gasteiger partial charge in [0, 0.05) is 0 Å². The zero-order valence-corrected chi connectivity index (χ0v) is 3.81. The first-order chi connectivity index (χ1) is 3.18. The summed E-state index contributed by atoms with van der Waals surface area (Å²) < 4.78 is 0. The Balaban J connectivity index is 3.81. The minimum atomic E-state index is -1.27. The van der Waals surface area contributed by atoms with E-state index in [1.165, 1.54) is 0 Å². The highest BCUT2D eigenvalue weighted by Gasteiger charge is 1.97. The van der Waals surface area contributed by atoms with Crippen molar-refractivity contribution in [3.8, 4) is 0 Å². The molecule has 0 unspecified atom stereocenters. The van der Waals surface area contributed by atoms with Crippen LogP contribution in [0.5, 0.6) is 0 Å². The molecule has 0 aliphatic carbocycles. The zero-order chi connectivity index (χ0) is 5.86. The summed E-state index contributed by atoms with van der Waals surface area (Å²) in [5.74, 6) is -1.27. The van der Waals surface area contributed by atoms with Crippen LogP contribution in [0.3, 0.4) is 0 Å². The predicted molar refractivity (Wildman–Crippen MR) is 25.0 cm³/mol. The maximum Gasteiger partial charge on any atom is 0.385 e. The van der Waals surface area contributed by atoms with Gasteiger partial charge in [0.25, 0.3) is 0 Å². The zero-order valence-electron chi connectivity index (χ0n) is 3.81. The fourth-order valence-corrected chi connectivity index (χ4v) is 0.0833. The van der Waals surface area contributed by atoms with E-state index in [0.717, 1.165) is 6.08 Å². The quantitative estimate of drug-likeness (QED) is 0.369. The number of hydrogen-bond acceptors (Lipinski definition) is 1. The van der Waals surface area contributed by atoms with Crippen LogP contribution >= 0.6 is 0 Å². The molecule has 0 atom stereocenters. The summed E-state index contributed by atoms with van der Waals surface area (Å²) in [5, 5.41) is 9.65. The standard InChI is InChI=1S/C5H5O2/c1-3-4(2)5(6)7/h3H,1-2H2. The first-order valence-electron chi connectivity index (χ1n) is 1.71. The van der Waals surface area contributed by atoms with Crippen LogP contribution in [0.15, 0.2) is 24.8 Å². The van der Waals surface area contributed by atoms with E-state index in [9.17, 15) is 9.90 Å². The summed E-state index contributed by atoms with van der Waals surface area (Å²) in [4.78, 5) is 9.65. The van der Waals surface area contributed by atoms with Gasteiger partial charge in [0.15, 0.2) is 0 Å². The van der Waals surface area contributed by atoms with Gasteiger partial charge in [-0.15, -0.1) is 0 Å². The van der Waals surface area contributed by atoms with E-state index >= 15 is 0 Å². The van der Waals surface area contributed by atoms with E-state index in [2.05, 4.69) is 13.2 Å². The Bertz CT molecular complexity index is 113. The number of rotatable bonds is 2. The number of carbonyl (C=O) groups is 1. The molecule has 0 bridgehead atoms. The van der Waals surface area contributed by atoms with Gasteiger partial charge in [-0.1, -0.05) is 19.2 Å². The fraction of sp³-hybridized carbons (Fsp3) is 0. The second-order valence-corrected chi connectivity index (χ2v) is 1.02. The fourth-order valence-electron chi connectivity index (χ4n) is 0.0833. The topological polar surface area (TPSA) is 37.0 Å². The average molecular weight is 97.1 g/mol. The molecule has 0 saturated heterocycles. The van der Waals surface area contributed by atoms with Gasteiger partial charge in [0.2, 0.25) is 0 Å². The van der Waals surface area contributed by atoms with E-state index in [1.807, 2.05) is 0 Å². The molecule has 0 heterocycles. The number of carbonyl (C=O) groups excluding carboxylic acids is 1. The molecular formula is C5H5O2. The van der Waals surface area contributed by atoms with E-state index in [0.29, 0.717) is 0 Å². The molecule has 7 heavy (non-hydrogen) atoms. The lowest BCUT2D eigenvalue weighted by Crippen LogP contribution is -1.91. The Hall–Kier alpha value is -1.05. The Morgan fingerprint density at radius 3 is 2.00 bits per heavy atom. The van der Waals surface area contributed by atoms with E-state index < -0.39 is 5.97 Å². The van der Waals surface area contributed by atoms with Crippen LogP contribution in [0.2, 0.25) is 0 Å². The van der Waals surface area contributed by atoms with Crippen molar-refractivity contribution in [3.63, 3.8) is 0 Å². The molecule has 1 radical (unpaired) electrons. The van der Waals surface area contributed by atoms with Crippen molar-refractivity contribution in [3.05, 3.63) is 24.8 Å². The normalized spacial score (nSPS) is 7.43. The van der Waals surface area contributed by atoms with Crippen molar-refractivity contribution in [2.75, 3.05) is 0 Å². The van der Waals surface area contributed by atoms with Crippen molar-refractivity contribution in [2.24, 2.45) is 0 Å². The summed E-state index contributed by atoms with van der Waals surface area (Å²) in [6.07, 6.45) is 1.13. The first kappa shape index (κ1) is 5.95. The van der Waals surface area contributed by atoms with Crippen LogP contribution in [-0.2, 0) is 9.90 Å². The molecule has 0 aliphatic rings. The van der Waals surface area contributed by atoms with Crippen LogP contribution in [0, 0.1) is 0 Å². The molecule has 0 aromatic carbocycles. The third-order valence-electron chi connectivity index (χ3n) is 0.509. The molecule has 0 aromatic heterocycles. The Labute approximate surface area is 41.8 Å². The third-order valence-corrected chi connectivity index (χ3v) is 0.509. The highest BCUT2D eigenvalue weighted by Crippen LogP contribution is 1.87. The molecule has 0 spiro atoms. The Morgan fingerprint density at radius 2 is 2.00 bits per heavy atom. The monoisotopic (exact) mass is 97.0 g/mol. The SMILES string of the molecule is C=CC(=C)C([O])=O. The van der Waals surface area contributed by atoms with Gasteiger partial charge in [-0.2, -0.15) is 0 Å². The van der Waals surface area contributed by atoms with Crippen molar-refractivity contribution in [2.45, 2.75) is 0 Å². The van der Waals surface area contributed by atoms with Crippen LogP contribution in [0.4, 0.5) is 0 Å². The minimum Gasteiger partial charge on any atom is -0.242 e. The molecular weight excluding hydrogens is 92.1 g/mol. The second kappa shape index (κ2) is 2.18. The van der Waals surface area contributed by atoms with Crippen LogP contribution in [0.1, 0.15) is 0 Å². The molecule has 0 aliphatic heterocycles. The second-order valence-electron chi connectivity index (χ2n) is 1.02. The summed E-state index contributed by atoms with van der Waals surface area (Å²) in [5.41, 5.74) is -0.0833. The lowest BCUT2D eigenvalue weighted by atomic mass is 10.3. The molecule has 0 aromatic rings. The largest absolute Gasteiger partial charge is 0.385 e. The molecule has 0 amide bonds. The van der Waals surface area contributed by atoms with Gasteiger partial charge >= 0.3 is 5.97 Å². The van der Waals surface area contributed by atoms with Gasteiger partial charge in [0.05, 0.1) is 5.57 Å². The van der Waals surface area contributed by atoms with E-state index in [1.54, 1.807) is 0 Å². The molecule has 2 heteroatoms. The van der Waals surface area contributed by atoms with E-state index in [4.69, 9.17) is 0 Å². The highest BCUT2D eigenvalue weighted by molar-refractivity contribution is 5.88. The van der Waals surface area contributed by atoms with Gasteiger partial charge in [-0.3, -0.25) is 0 Å². The first-order valence-corrected chi connectivity index (χ1v) is 1.71. The van der Waals surface area contributed by atoms with Crippen LogP contribution in [0.25, 0.3) is 0 Å². The molecule has 0 N–H and O–H groups in total. The third kappa shape index (κ3) is 1.76. The van der Waals surface area contributed by atoms with Gasteiger partial charge < -0.3 is 0 Å². The average Bonchev–Trinajstić information content (AvgIpc) is 1.65. The summed E-state index contributed by atoms with van der Waals surface area (Å²) in [7, 11) is 0. The van der Waals surface area contributed by atoms with Crippen molar-refractivity contribution in [1.29, 1.82) is 0 Å². The molecule has 2 nitrogen and oxygen atoms in total. The minimum absolute atomic E-state index is 0.0833. The highest BCUT2D eigenvalue weighted by atomic mass is 16.4. The van der Waals surface area contributed by atoms with Gasteiger partial charge in [0.1, 0.15) is 0 Å². The van der Waals surface area contributed by atoms with Gasteiger partial charge in [-0.05, 0) is 0 Å². The lowest BCUT2D eigenvalue weighted by molar-refractivity contribution is -0.138. The summed E-state index contributed by atoms with van der Waals surface area (Å²) >= 11 is 0. The maximum atomic E-state index is 9.65. The molecule has 0 saturated carbocycles. The summed E-state index contributed by atoms with van der Waals surface area (Å²) in [6, 6.07) is 0. The molecule has 0 fully saturated rings. The van der Waals surface area contributed by atoms with Crippen molar-refractivity contribution in [1.82, 2.24) is 0 Å². The lowest BCUT2D eigenvalue weighted by Gasteiger charge is -1.78. The number of hydrogen-bond donors (Lipinski definition) is 0. The van der Waals surface area contributed by atoms with E-state index in [-0.39, 0.29) is 5.57 Å². The maximum absolute atomic E-state index is 9.65. The Kier molecular flexibility index (Phi) is 1.85. The Morgan fingerprint density at radius 1 is 1.57 bits per heavy atom. The molecule has 0 rings (SSSR count). The van der Waals surface area contributed by atoms with Gasteiger partial charge in [-0.25, -0.2) is 9.90 Å². The molecule has 37 valence electrons. The smallest absolute Gasteiger partial charge is 0.242 e. The summed E-state index contributed by atoms with van der Waals surface area (Å²) in [6.45, 7) is 6.25.